The van der Waals surface area contributed by atoms with Crippen LogP contribution in [0, 0.1) is 0 Å². The highest BCUT2D eigenvalue weighted by molar-refractivity contribution is 6.42. The standard InChI is InChI=1S/C18H17Cl2N3O3/c1-11(24)21-13-4-3-5-15(8-13)23(12(2)25)10-18(26)22-14-6-7-16(19)17(20)9-14/h3-9H,10H2,1-2H3,(H,21,24)(H,22,26). The predicted octanol–water partition coefficient (Wildman–Crippen LogP) is 3.94. The highest BCUT2D eigenvalue weighted by Crippen LogP contribution is 2.25. The number of anilines is 3. The summed E-state index contributed by atoms with van der Waals surface area (Å²) >= 11 is 11.8. The molecule has 26 heavy (non-hydrogen) atoms. The number of hydrogen-bond acceptors (Lipinski definition) is 3. The molecule has 0 bridgehead atoms. The van der Waals surface area contributed by atoms with Gasteiger partial charge in [-0.1, -0.05) is 29.3 Å². The monoisotopic (exact) mass is 393 g/mol. The molecule has 0 heterocycles. The molecule has 2 rings (SSSR count). The second kappa shape index (κ2) is 8.69. The average molecular weight is 394 g/mol. The highest BCUT2D eigenvalue weighted by Gasteiger charge is 2.17. The Hall–Kier alpha value is -2.57. The Morgan fingerprint density at radius 1 is 0.923 bits per heavy atom. The number of benzene rings is 2. The van der Waals surface area contributed by atoms with Gasteiger partial charge in [0.15, 0.2) is 0 Å². The van der Waals surface area contributed by atoms with Crippen LogP contribution in [0.25, 0.3) is 0 Å². The number of rotatable bonds is 5. The maximum Gasteiger partial charge on any atom is 0.244 e. The van der Waals surface area contributed by atoms with E-state index < -0.39 is 5.91 Å². The summed E-state index contributed by atoms with van der Waals surface area (Å²) < 4.78 is 0. The van der Waals surface area contributed by atoms with Crippen molar-refractivity contribution >= 4 is 58.0 Å². The summed E-state index contributed by atoms with van der Waals surface area (Å²) in [5, 5.41) is 6.00. The summed E-state index contributed by atoms with van der Waals surface area (Å²) in [6.07, 6.45) is 0. The van der Waals surface area contributed by atoms with Crippen LogP contribution in [-0.2, 0) is 14.4 Å². The Morgan fingerprint density at radius 2 is 1.62 bits per heavy atom. The molecule has 2 aromatic carbocycles. The van der Waals surface area contributed by atoms with Crippen LogP contribution < -0.4 is 15.5 Å². The molecule has 2 aromatic rings. The van der Waals surface area contributed by atoms with Gasteiger partial charge < -0.3 is 15.5 Å². The number of nitrogens with one attached hydrogen (secondary N) is 2. The number of nitrogens with zero attached hydrogens (tertiary/aromatic N) is 1. The Bertz CT molecular complexity index is 855. The van der Waals surface area contributed by atoms with Gasteiger partial charge in [0.2, 0.25) is 17.7 Å². The van der Waals surface area contributed by atoms with E-state index in [-0.39, 0.29) is 18.4 Å². The fourth-order valence-electron chi connectivity index (χ4n) is 2.26. The number of halogens is 2. The Kier molecular flexibility index (Phi) is 6.60. The molecule has 0 spiro atoms. The summed E-state index contributed by atoms with van der Waals surface area (Å²) in [6.45, 7) is 2.55. The zero-order valence-corrected chi connectivity index (χ0v) is 15.7. The molecule has 8 heteroatoms. The molecule has 6 nitrogen and oxygen atoms in total. The van der Waals surface area contributed by atoms with Crippen LogP contribution in [0.1, 0.15) is 13.8 Å². The third kappa shape index (κ3) is 5.47. The van der Waals surface area contributed by atoms with Gasteiger partial charge in [0.1, 0.15) is 6.54 Å². The number of amides is 3. The largest absolute Gasteiger partial charge is 0.326 e. The van der Waals surface area contributed by atoms with Gasteiger partial charge >= 0.3 is 0 Å². The lowest BCUT2D eigenvalue weighted by atomic mass is 10.2. The number of carbonyl (C=O) groups excluding carboxylic acids is 3. The molecule has 0 aromatic heterocycles. The lowest BCUT2D eigenvalue weighted by Gasteiger charge is -2.21. The number of hydrogen-bond donors (Lipinski definition) is 2. The van der Waals surface area contributed by atoms with Crippen LogP contribution in [0.15, 0.2) is 42.5 Å². The molecular weight excluding hydrogens is 377 g/mol. The minimum atomic E-state index is -0.400. The van der Waals surface area contributed by atoms with Crippen LogP contribution >= 0.6 is 23.2 Å². The van der Waals surface area contributed by atoms with E-state index in [9.17, 15) is 14.4 Å². The SMILES string of the molecule is CC(=O)Nc1cccc(N(CC(=O)Nc2ccc(Cl)c(Cl)c2)C(C)=O)c1. The van der Waals surface area contributed by atoms with Gasteiger partial charge in [0.25, 0.3) is 0 Å². The van der Waals surface area contributed by atoms with Crippen molar-refractivity contribution in [3.8, 4) is 0 Å². The zero-order valence-electron chi connectivity index (χ0n) is 14.2. The lowest BCUT2D eigenvalue weighted by molar-refractivity contribution is -0.120. The highest BCUT2D eigenvalue weighted by atomic mass is 35.5. The minimum Gasteiger partial charge on any atom is -0.326 e. The molecule has 0 aliphatic carbocycles. The molecule has 0 fully saturated rings. The van der Waals surface area contributed by atoms with Gasteiger partial charge in [-0.25, -0.2) is 0 Å². The van der Waals surface area contributed by atoms with Crippen molar-refractivity contribution < 1.29 is 14.4 Å². The molecule has 3 amide bonds. The van der Waals surface area contributed by atoms with Gasteiger partial charge in [0.05, 0.1) is 10.0 Å². The summed E-state index contributed by atoms with van der Waals surface area (Å²) in [7, 11) is 0. The molecule has 136 valence electrons. The molecule has 0 saturated heterocycles. The molecule has 0 saturated carbocycles. The van der Waals surface area contributed by atoms with E-state index in [1.165, 1.54) is 24.8 Å². The molecule has 0 aliphatic heterocycles. The zero-order chi connectivity index (χ0) is 19.3. The maximum absolute atomic E-state index is 12.3. The second-order valence-electron chi connectivity index (χ2n) is 5.51. The molecule has 0 radical (unpaired) electrons. The van der Waals surface area contributed by atoms with E-state index in [1.54, 1.807) is 36.4 Å². The van der Waals surface area contributed by atoms with Gasteiger partial charge in [-0.05, 0) is 36.4 Å². The number of carbonyl (C=O) groups is 3. The van der Waals surface area contributed by atoms with Crippen molar-refractivity contribution in [3.63, 3.8) is 0 Å². The second-order valence-corrected chi connectivity index (χ2v) is 6.33. The molecular formula is C18H17Cl2N3O3. The molecule has 2 N–H and O–H groups in total. The van der Waals surface area contributed by atoms with Crippen molar-refractivity contribution in [1.82, 2.24) is 0 Å². The lowest BCUT2D eigenvalue weighted by Crippen LogP contribution is -2.36. The molecule has 0 unspecified atom stereocenters. The first-order valence-corrected chi connectivity index (χ1v) is 8.42. The molecule has 0 atom stereocenters. The first kappa shape index (κ1) is 19.8. The van der Waals surface area contributed by atoms with Crippen LogP contribution in [0.5, 0.6) is 0 Å². The van der Waals surface area contributed by atoms with Crippen molar-refractivity contribution in [3.05, 3.63) is 52.5 Å². The van der Waals surface area contributed by atoms with Crippen LogP contribution in [0.4, 0.5) is 17.1 Å². The fourth-order valence-corrected chi connectivity index (χ4v) is 2.56. The predicted molar refractivity (Wildman–Crippen MR) is 104 cm³/mol. The summed E-state index contributed by atoms with van der Waals surface area (Å²) in [5.41, 5.74) is 1.50. The normalized spacial score (nSPS) is 10.2. The smallest absolute Gasteiger partial charge is 0.244 e. The van der Waals surface area contributed by atoms with E-state index in [2.05, 4.69) is 10.6 Å². The average Bonchev–Trinajstić information content (AvgIpc) is 2.55. The topological polar surface area (TPSA) is 78.5 Å². The van der Waals surface area contributed by atoms with Gasteiger partial charge in [-0.2, -0.15) is 0 Å². The van der Waals surface area contributed by atoms with Crippen molar-refractivity contribution in [2.24, 2.45) is 0 Å². The third-order valence-electron chi connectivity index (χ3n) is 3.36. The van der Waals surface area contributed by atoms with E-state index >= 15 is 0 Å². The summed E-state index contributed by atoms with van der Waals surface area (Å²) in [4.78, 5) is 36.8. The van der Waals surface area contributed by atoms with E-state index in [0.717, 1.165) is 0 Å². The van der Waals surface area contributed by atoms with Gasteiger partial charge in [-0.3, -0.25) is 14.4 Å². The Balaban J connectivity index is 2.14. The van der Waals surface area contributed by atoms with Crippen LogP contribution in [0.2, 0.25) is 10.0 Å². The van der Waals surface area contributed by atoms with Crippen molar-refractivity contribution in [2.75, 3.05) is 22.1 Å². The fraction of sp³-hybridized carbons (Fsp3) is 0.167. The van der Waals surface area contributed by atoms with Crippen LogP contribution in [-0.4, -0.2) is 24.3 Å². The van der Waals surface area contributed by atoms with Crippen molar-refractivity contribution in [1.29, 1.82) is 0 Å². The van der Waals surface area contributed by atoms with E-state index in [4.69, 9.17) is 23.2 Å². The van der Waals surface area contributed by atoms with Crippen molar-refractivity contribution in [2.45, 2.75) is 13.8 Å². The van der Waals surface area contributed by atoms with E-state index in [0.29, 0.717) is 27.1 Å². The van der Waals surface area contributed by atoms with Gasteiger partial charge in [0, 0.05) is 30.9 Å². The van der Waals surface area contributed by atoms with E-state index in [1.807, 2.05) is 0 Å². The Labute approximate surface area is 161 Å². The maximum atomic E-state index is 12.3. The summed E-state index contributed by atoms with van der Waals surface area (Å²) in [6, 6.07) is 11.4. The quantitative estimate of drug-likeness (QED) is 0.806. The first-order chi connectivity index (χ1) is 12.3. The minimum absolute atomic E-state index is 0.195. The Morgan fingerprint density at radius 3 is 2.23 bits per heavy atom. The van der Waals surface area contributed by atoms with Gasteiger partial charge in [-0.15, -0.1) is 0 Å². The molecule has 0 aliphatic rings. The first-order valence-electron chi connectivity index (χ1n) is 7.67. The van der Waals surface area contributed by atoms with Crippen LogP contribution in [0.3, 0.4) is 0 Å². The third-order valence-corrected chi connectivity index (χ3v) is 4.10. The summed E-state index contributed by atoms with van der Waals surface area (Å²) in [5.74, 6) is -0.938.